The van der Waals surface area contributed by atoms with Crippen molar-refractivity contribution in [1.29, 1.82) is 0 Å². The van der Waals surface area contributed by atoms with E-state index in [-0.39, 0.29) is 0 Å². The molecular formula is C11H7ClN4OS. The number of hydrogen-bond acceptors (Lipinski definition) is 5. The maximum Gasteiger partial charge on any atom is 0.282 e. The molecule has 0 aliphatic heterocycles. The quantitative estimate of drug-likeness (QED) is 0.798. The first-order valence-electron chi connectivity index (χ1n) is 5.07. The average molecular weight is 279 g/mol. The summed E-state index contributed by atoms with van der Waals surface area (Å²) in [4.78, 5) is 8.37. The van der Waals surface area contributed by atoms with Gasteiger partial charge in [-0.05, 0) is 6.07 Å². The van der Waals surface area contributed by atoms with Crippen LogP contribution in [0, 0.1) is 0 Å². The van der Waals surface area contributed by atoms with Crippen molar-refractivity contribution in [1.82, 2.24) is 20.2 Å². The molecule has 7 heteroatoms. The van der Waals surface area contributed by atoms with E-state index in [0.717, 1.165) is 5.56 Å². The first-order valence-corrected chi connectivity index (χ1v) is 6.27. The maximum atomic E-state index is 6.12. The van der Waals surface area contributed by atoms with E-state index in [1.165, 1.54) is 11.3 Å². The Hall–Kier alpha value is -1.92. The first kappa shape index (κ1) is 11.2. The van der Waals surface area contributed by atoms with Gasteiger partial charge in [-0.15, -0.1) is 0 Å². The van der Waals surface area contributed by atoms with E-state index in [1.54, 1.807) is 24.7 Å². The van der Waals surface area contributed by atoms with Gasteiger partial charge in [0.05, 0.1) is 6.20 Å². The number of aromatic nitrogens is 4. The third-order valence-electron chi connectivity index (χ3n) is 2.17. The van der Waals surface area contributed by atoms with Crippen LogP contribution in [0.3, 0.4) is 0 Å². The summed E-state index contributed by atoms with van der Waals surface area (Å²) < 4.78 is 6.08. The van der Waals surface area contributed by atoms with Crippen LogP contribution in [0.25, 0.3) is 11.3 Å². The number of halogens is 1. The summed E-state index contributed by atoms with van der Waals surface area (Å²) in [6, 6.07) is 5.42. The molecule has 0 atom stereocenters. The second kappa shape index (κ2) is 4.75. The van der Waals surface area contributed by atoms with Crippen LogP contribution < -0.4 is 4.74 Å². The molecule has 0 saturated carbocycles. The third kappa shape index (κ3) is 2.20. The molecule has 0 saturated heterocycles. The van der Waals surface area contributed by atoms with Gasteiger partial charge in [-0.2, -0.15) is 5.10 Å². The highest BCUT2D eigenvalue weighted by Gasteiger charge is 2.13. The molecule has 0 radical (unpaired) electrons. The predicted molar refractivity (Wildman–Crippen MR) is 69.0 cm³/mol. The summed E-state index contributed by atoms with van der Waals surface area (Å²) in [7, 11) is 0. The van der Waals surface area contributed by atoms with E-state index < -0.39 is 0 Å². The molecule has 3 heterocycles. The van der Waals surface area contributed by atoms with Crippen molar-refractivity contribution in [3.63, 3.8) is 0 Å². The van der Waals surface area contributed by atoms with E-state index in [9.17, 15) is 0 Å². The molecule has 1 N–H and O–H groups in total. The number of pyridine rings is 1. The molecule has 5 nitrogen and oxygen atoms in total. The Labute approximate surface area is 111 Å². The van der Waals surface area contributed by atoms with Crippen LogP contribution in [0.4, 0.5) is 0 Å². The van der Waals surface area contributed by atoms with E-state index in [4.69, 9.17) is 16.3 Å². The Balaban J connectivity index is 1.89. The molecule has 18 heavy (non-hydrogen) atoms. The van der Waals surface area contributed by atoms with Gasteiger partial charge in [0.1, 0.15) is 10.0 Å². The molecular weight excluding hydrogens is 272 g/mol. The Morgan fingerprint density at radius 2 is 2.28 bits per heavy atom. The number of hydrogen-bond donors (Lipinski definition) is 1. The maximum absolute atomic E-state index is 6.12. The molecule has 3 rings (SSSR count). The lowest BCUT2D eigenvalue weighted by molar-refractivity contribution is 0.460. The molecule has 0 aliphatic carbocycles. The molecule has 0 aliphatic rings. The Morgan fingerprint density at radius 1 is 1.33 bits per heavy atom. The SMILES string of the molecule is Clc1sc(Oc2ccccn2)nc1-c1cn[nH]c1. The molecule has 0 aromatic carbocycles. The largest absolute Gasteiger partial charge is 0.412 e. The smallest absolute Gasteiger partial charge is 0.282 e. The lowest BCUT2D eigenvalue weighted by Crippen LogP contribution is -1.85. The van der Waals surface area contributed by atoms with Crippen molar-refractivity contribution in [2.45, 2.75) is 0 Å². The van der Waals surface area contributed by atoms with Gasteiger partial charge < -0.3 is 4.74 Å². The summed E-state index contributed by atoms with van der Waals surface area (Å²) in [5.74, 6) is 0.488. The monoisotopic (exact) mass is 278 g/mol. The van der Waals surface area contributed by atoms with Crippen molar-refractivity contribution in [3.8, 4) is 22.3 Å². The molecule has 0 spiro atoms. The number of H-pyrrole nitrogens is 1. The molecule has 0 amide bonds. The fraction of sp³-hybridized carbons (Fsp3) is 0. The minimum atomic E-state index is 0.454. The topological polar surface area (TPSA) is 63.7 Å². The van der Waals surface area contributed by atoms with Crippen LogP contribution >= 0.6 is 22.9 Å². The fourth-order valence-electron chi connectivity index (χ4n) is 1.38. The van der Waals surface area contributed by atoms with E-state index in [0.29, 0.717) is 21.1 Å². The minimum Gasteiger partial charge on any atom is -0.412 e. The molecule has 3 aromatic rings. The molecule has 0 fully saturated rings. The van der Waals surface area contributed by atoms with Crippen LogP contribution in [-0.4, -0.2) is 20.2 Å². The first-order chi connectivity index (χ1) is 8.83. The van der Waals surface area contributed by atoms with Gasteiger partial charge in [-0.1, -0.05) is 29.0 Å². The minimum absolute atomic E-state index is 0.454. The molecule has 90 valence electrons. The predicted octanol–water partition coefficient (Wildman–Crippen LogP) is 3.37. The number of thiazole rings is 1. The Bertz CT molecular complexity index is 638. The molecule has 3 aromatic heterocycles. The highest BCUT2D eigenvalue weighted by molar-refractivity contribution is 7.18. The zero-order valence-corrected chi connectivity index (χ0v) is 10.6. The third-order valence-corrected chi connectivity index (χ3v) is 3.30. The average Bonchev–Trinajstić information content (AvgIpc) is 3.00. The summed E-state index contributed by atoms with van der Waals surface area (Å²) in [6.45, 7) is 0. The van der Waals surface area contributed by atoms with Crippen molar-refractivity contribution >= 4 is 22.9 Å². The second-order valence-electron chi connectivity index (χ2n) is 3.36. The summed E-state index contributed by atoms with van der Waals surface area (Å²) >= 11 is 7.37. The Morgan fingerprint density at radius 3 is 3.00 bits per heavy atom. The lowest BCUT2D eigenvalue weighted by atomic mass is 10.3. The second-order valence-corrected chi connectivity index (χ2v) is 4.92. The number of nitrogens with zero attached hydrogens (tertiary/aromatic N) is 3. The Kier molecular flexibility index (Phi) is 2.95. The zero-order chi connectivity index (χ0) is 12.4. The number of nitrogens with one attached hydrogen (secondary N) is 1. The summed E-state index contributed by atoms with van der Waals surface area (Å²) in [6.07, 6.45) is 5.04. The lowest BCUT2D eigenvalue weighted by Gasteiger charge is -1.97. The van der Waals surface area contributed by atoms with E-state index in [1.807, 2.05) is 12.1 Å². The van der Waals surface area contributed by atoms with Crippen molar-refractivity contribution in [2.75, 3.05) is 0 Å². The standard InChI is InChI=1S/C11H7ClN4OS/c12-10-9(7-5-14-15-6-7)16-11(18-10)17-8-3-1-2-4-13-8/h1-6H,(H,14,15). The normalized spacial score (nSPS) is 10.5. The number of rotatable bonds is 3. The van der Waals surface area contributed by atoms with Crippen LogP contribution in [-0.2, 0) is 0 Å². The number of aromatic amines is 1. The summed E-state index contributed by atoms with van der Waals surface area (Å²) in [5.41, 5.74) is 1.48. The van der Waals surface area contributed by atoms with Crippen molar-refractivity contribution in [3.05, 3.63) is 41.1 Å². The highest BCUT2D eigenvalue weighted by Crippen LogP contribution is 2.37. The zero-order valence-electron chi connectivity index (χ0n) is 9.00. The van der Waals surface area contributed by atoms with Gasteiger partial charge >= 0.3 is 0 Å². The van der Waals surface area contributed by atoms with E-state index >= 15 is 0 Å². The van der Waals surface area contributed by atoms with Gasteiger partial charge in [0.15, 0.2) is 0 Å². The van der Waals surface area contributed by atoms with Gasteiger partial charge in [-0.3, -0.25) is 5.10 Å². The van der Waals surface area contributed by atoms with Gasteiger partial charge in [0, 0.05) is 24.0 Å². The van der Waals surface area contributed by atoms with Crippen LogP contribution in [0.2, 0.25) is 4.34 Å². The number of ether oxygens (including phenoxy) is 1. The molecule has 0 bridgehead atoms. The van der Waals surface area contributed by atoms with Gasteiger partial charge in [-0.25, -0.2) is 9.97 Å². The van der Waals surface area contributed by atoms with Crippen molar-refractivity contribution in [2.24, 2.45) is 0 Å². The molecule has 0 unspecified atom stereocenters. The van der Waals surface area contributed by atoms with E-state index in [2.05, 4.69) is 20.2 Å². The fourth-order valence-corrected chi connectivity index (χ4v) is 2.41. The van der Waals surface area contributed by atoms with Crippen LogP contribution in [0.5, 0.6) is 11.1 Å². The highest BCUT2D eigenvalue weighted by atomic mass is 35.5. The van der Waals surface area contributed by atoms with Crippen LogP contribution in [0.15, 0.2) is 36.8 Å². The van der Waals surface area contributed by atoms with Crippen LogP contribution in [0.1, 0.15) is 0 Å². The summed E-state index contributed by atoms with van der Waals surface area (Å²) in [5, 5.41) is 7.03. The van der Waals surface area contributed by atoms with Gasteiger partial charge in [0.25, 0.3) is 5.19 Å². The van der Waals surface area contributed by atoms with Gasteiger partial charge in [0.2, 0.25) is 5.88 Å². The van der Waals surface area contributed by atoms with Crippen molar-refractivity contribution < 1.29 is 4.74 Å².